The van der Waals surface area contributed by atoms with Gasteiger partial charge in [-0.25, -0.2) is 4.98 Å². The molecule has 0 aliphatic rings. The number of nitrogens with two attached hydrogens (primary N) is 1. The Hall–Kier alpha value is -2.80. The van der Waals surface area contributed by atoms with Gasteiger partial charge in [0.2, 0.25) is 0 Å². The van der Waals surface area contributed by atoms with E-state index in [1.807, 2.05) is 49.4 Å². The monoisotopic (exact) mass is 362 g/mol. The highest BCUT2D eigenvalue weighted by Crippen LogP contribution is 2.39. The first kappa shape index (κ1) is 17.0. The third kappa shape index (κ3) is 3.51. The average molecular weight is 362 g/mol. The Balaban J connectivity index is 2.09. The second-order valence-electron chi connectivity index (χ2n) is 5.34. The van der Waals surface area contributed by atoms with E-state index in [4.69, 9.17) is 5.73 Å². The molecule has 3 aromatic rings. The molecule has 0 saturated heterocycles. The normalized spacial score (nSPS) is 10.2. The van der Waals surface area contributed by atoms with E-state index in [1.165, 1.54) is 23.1 Å². The van der Waals surface area contributed by atoms with Crippen LogP contribution in [0.1, 0.15) is 21.6 Å². The maximum Gasteiger partial charge on any atom is 0.143 e. The van der Waals surface area contributed by atoms with E-state index in [0.717, 1.165) is 15.3 Å². The van der Waals surface area contributed by atoms with Crippen LogP contribution in [0.25, 0.3) is 10.4 Å². The topological polar surface area (TPSA) is 86.5 Å². The lowest BCUT2D eigenvalue weighted by molar-refractivity contribution is 1.11. The number of hydrogen-bond donors (Lipinski definition) is 1. The quantitative estimate of drug-likeness (QED) is 0.678. The van der Waals surface area contributed by atoms with Gasteiger partial charge in [-0.15, -0.1) is 23.1 Å². The van der Waals surface area contributed by atoms with Gasteiger partial charge in [-0.2, -0.15) is 10.5 Å². The summed E-state index contributed by atoms with van der Waals surface area (Å²) in [6.45, 7) is 1.99. The molecule has 0 unspecified atom stereocenters. The van der Waals surface area contributed by atoms with Crippen molar-refractivity contribution in [2.75, 3.05) is 5.73 Å². The maximum atomic E-state index is 9.73. The molecule has 0 fully saturated rings. The Morgan fingerprint density at radius 1 is 1.08 bits per heavy atom. The van der Waals surface area contributed by atoms with E-state index in [1.54, 1.807) is 0 Å². The van der Waals surface area contributed by atoms with Crippen LogP contribution < -0.4 is 5.73 Å². The number of aryl methyl sites for hydroxylation is 1. The van der Waals surface area contributed by atoms with Crippen LogP contribution in [-0.4, -0.2) is 4.98 Å². The number of anilines is 1. The predicted octanol–water partition coefficient (Wildman–Crippen LogP) is 4.74. The molecule has 0 saturated carbocycles. The highest BCUT2D eigenvalue weighted by molar-refractivity contribution is 7.98. The van der Waals surface area contributed by atoms with Gasteiger partial charge >= 0.3 is 0 Å². The summed E-state index contributed by atoms with van der Waals surface area (Å²) >= 11 is 2.99. The molecule has 0 bridgehead atoms. The zero-order valence-electron chi connectivity index (χ0n) is 13.5. The van der Waals surface area contributed by atoms with Crippen LogP contribution in [0, 0.1) is 29.6 Å². The third-order valence-corrected chi connectivity index (χ3v) is 5.69. The van der Waals surface area contributed by atoms with E-state index < -0.39 is 0 Å². The van der Waals surface area contributed by atoms with Crippen molar-refractivity contribution in [2.45, 2.75) is 17.7 Å². The molecule has 3 rings (SSSR count). The van der Waals surface area contributed by atoms with Crippen molar-refractivity contribution >= 4 is 28.9 Å². The Morgan fingerprint density at radius 2 is 1.80 bits per heavy atom. The summed E-state index contributed by atoms with van der Waals surface area (Å²) in [6, 6.07) is 18.2. The Kier molecular flexibility index (Phi) is 5.04. The lowest BCUT2D eigenvalue weighted by atomic mass is 10.0. The number of rotatable bonds is 4. The molecular formula is C19H14N4S2. The second-order valence-corrected chi connectivity index (χ2v) is 7.59. The van der Waals surface area contributed by atoms with Gasteiger partial charge in [0.15, 0.2) is 0 Å². The van der Waals surface area contributed by atoms with Gasteiger partial charge in [0, 0.05) is 21.1 Å². The third-order valence-electron chi connectivity index (χ3n) is 3.62. The maximum absolute atomic E-state index is 9.73. The van der Waals surface area contributed by atoms with E-state index in [2.05, 4.69) is 17.1 Å². The molecule has 122 valence electrons. The van der Waals surface area contributed by atoms with Gasteiger partial charge in [-0.3, -0.25) is 0 Å². The smallest absolute Gasteiger partial charge is 0.143 e. The van der Waals surface area contributed by atoms with E-state index >= 15 is 0 Å². The fourth-order valence-electron chi connectivity index (χ4n) is 2.44. The first-order valence-corrected chi connectivity index (χ1v) is 9.31. The summed E-state index contributed by atoms with van der Waals surface area (Å²) in [6.07, 6.45) is 0. The number of nitriles is 2. The number of nitrogens with zero attached hydrogens (tertiary/aromatic N) is 3. The Bertz CT molecular complexity index is 995. The summed E-state index contributed by atoms with van der Waals surface area (Å²) in [5.74, 6) is 0.842. The van der Waals surface area contributed by atoms with Crippen LogP contribution in [0.15, 0.2) is 47.5 Å². The van der Waals surface area contributed by atoms with Crippen molar-refractivity contribution in [3.8, 4) is 22.6 Å². The zero-order valence-corrected chi connectivity index (χ0v) is 15.1. The largest absolute Gasteiger partial charge is 0.383 e. The first-order valence-electron chi connectivity index (χ1n) is 7.51. The molecule has 2 N–H and O–H groups in total. The van der Waals surface area contributed by atoms with Crippen molar-refractivity contribution in [1.82, 2.24) is 4.98 Å². The van der Waals surface area contributed by atoms with Crippen molar-refractivity contribution in [3.63, 3.8) is 0 Å². The molecule has 0 radical (unpaired) electrons. The van der Waals surface area contributed by atoms with Crippen LogP contribution in [0.3, 0.4) is 0 Å². The molecule has 0 spiro atoms. The lowest BCUT2D eigenvalue weighted by Gasteiger charge is -2.11. The second kappa shape index (κ2) is 7.40. The summed E-state index contributed by atoms with van der Waals surface area (Å²) in [5.41, 5.74) is 8.42. The molecule has 0 amide bonds. The minimum absolute atomic E-state index is 0.165. The minimum atomic E-state index is 0.165. The van der Waals surface area contributed by atoms with Crippen LogP contribution in [0.5, 0.6) is 0 Å². The first-order chi connectivity index (χ1) is 12.1. The number of nitrogen functional groups attached to an aromatic ring is 1. The molecule has 25 heavy (non-hydrogen) atoms. The average Bonchev–Trinajstić information content (AvgIpc) is 3.06. The molecule has 2 heterocycles. The van der Waals surface area contributed by atoms with Crippen molar-refractivity contribution in [2.24, 2.45) is 0 Å². The lowest BCUT2D eigenvalue weighted by Crippen LogP contribution is -2.02. The van der Waals surface area contributed by atoms with E-state index in [0.29, 0.717) is 21.9 Å². The van der Waals surface area contributed by atoms with Gasteiger partial charge in [0.1, 0.15) is 28.5 Å². The van der Waals surface area contributed by atoms with Crippen LogP contribution in [-0.2, 0) is 5.75 Å². The number of hydrogen-bond acceptors (Lipinski definition) is 6. The molecule has 1 aromatic carbocycles. The number of aromatic nitrogens is 1. The van der Waals surface area contributed by atoms with E-state index in [-0.39, 0.29) is 11.4 Å². The Morgan fingerprint density at radius 3 is 2.40 bits per heavy atom. The minimum Gasteiger partial charge on any atom is -0.383 e. The van der Waals surface area contributed by atoms with Crippen molar-refractivity contribution < 1.29 is 0 Å². The Labute approximate surface area is 154 Å². The highest BCUT2D eigenvalue weighted by Gasteiger charge is 2.21. The summed E-state index contributed by atoms with van der Waals surface area (Å²) < 4.78 is 0. The number of benzene rings is 1. The molecule has 6 heteroatoms. The summed E-state index contributed by atoms with van der Waals surface area (Å²) in [4.78, 5) is 6.29. The molecule has 2 aromatic heterocycles. The highest BCUT2D eigenvalue weighted by atomic mass is 32.2. The number of thiophene rings is 1. The van der Waals surface area contributed by atoms with Gasteiger partial charge in [-0.05, 0) is 24.6 Å². The molecular weight excluding hydrogens is 348 g/mol. The van der Waals surface area contributed by atoms with Gasteiger partial charge in [-0.1, -0.05) is 30.3 Å². The van der Waals surface area contributed by atoms with Gasteiger partial charge < -0.3 is 5.73 Å². The SMILES string of the molecule is Cc1ccc(-c2c(C#N)c(N)nc(SCc3ccccc3)c2C#N)s1. The predicted molar refractivity (Wildman–Crippen MR) is 102 cm³/mol. The molecule has 0 aliphatic carbocycles. The summed E-state index contributed by atoms with van der Waals surface area (Å²) in [7, 11) is 0. The van der Waals surface area contributed by atoms with Crippen molar-refractivity contribution in [1.29, 1.82) is 10.5 Å². The standard InChI is InChI=1S/C19H14N4S2/c1-12-7-8-16(25-12)17-14(9-20)18(22)23-19(15(17)10-21)24-11-13-5-3-2-4-6-13/h2-8H,11H2,1H3,(H2,22,23). The molecule has 0 atom stereocenters. The van der Waals surface area contributed by atoms with Gasteiger partial charge in [0.25, 0.3) is 0 Å². The molecule has 0 aliphatic heterocycles. The number of pyridine rings is 1. The van der Waals surface area contributed by atoms with E-state index in [9.17, 15) is 10.5 Å². The fraction of sp³-hybridized carbons (Fsp3) is 0.105. The zero-order chi connectivity index (χ0) is 17.8. The van der Waals surface area contributed by atoms with Gasteiger partial charge in [0.05, 0.1) is 5.56 Å². The van der Waals surface area contributed by atoms with Crippen LogP contribution in [0.2, 0.25) is 0 Å². The summed E-state index contributed by atoms with van der Waals surface area (Å²) in [5, 5.41) is 19.8. The van der Waals surface area contributed by atoms with Crippen LogP contribution >= 0.6 is 23.1 Å². The number of thioether (sulfide) groups is 1. The van der Waals surface area contributed by atoms with Crippen molar-refractivity contribution in [3.05, 3.63) is 64.0 Å². The fourth-order valence-corrected chi connectivity index (χ4v) is 4.32. The van der Waals surface area contributed by atoms with Crippen LogP contribution in [0.4, 0.5) is 5.82 Å². The molecule has 4 nitrogen and oxygen atoms in total.